The van der Waals surface area contributed by atoms with Gasteiger partial charge in [0.2, 0.25) is 15.9 Å². The SMILES string of the molecule is Cc1csc(C(=O)O)c1S(=O)(=O)NCCC(=O)N(C)C. The van der Waals surface area contributed by atoms with Crippen LogP contribution in [0.2, 0.25) is 0 Å². The van der Waals surface area contributed by atoms with Crippen LogP contribution < -0.4 is 4.72 Å². The van der Waals surface area contributed by atoms with E-state index < -0.39 is 16.0 Å². The van der Waals surface area contributed by atoms with Gasteiger partial charge in [-0.3, -0.25) is 4.79 Å². The number of rotatable bonds is 6. The molecule has 1 aromatic rings. The molecule has 0 bridgehead atoms. The van der Waals surface area contributed by atoms with Gasteiger partial charge in [0.1, 0.15) is 9.77 Å². The second kappa shape index (κ2) is 6.33. The summed E-state index contributed by atoms with van der Waals surface area (Å²) in [4.78, 5) is 23.3. The molecule has 0 spiro atoms. The number of nitrogens with one attached hydrogen (secondary N) is 1. The Morgan fingerprint density at radius 1 is 1.40 bits per heavy atom. The summed E-state index contributed by atoms with van der Waals surface area (Å²) in [6, 6.07) is 0. The maximum Gasteiger partial charge on any atom is 0.347 e. The van der Waals surface area contributed by atoms with Crippen molar-refractivity contribution in [3.05, 3.63) is 15.8 Å². The first-order chi connectivity index (χ1) is 9.16. The fraction of sp³-hybridized carbons (Fsp3) is 0.455. The molecule has 1 heterocycles. The summed E-state index contributed by atoms with van der Waals surface area (Å²) in [5.74, 6) is -1.50. The Bertz CT molecular complexity index is 619. The third kappa shape index (κ3) is 3.78. The maximum absolute atomic E-state index is 12.1. The Morgan fingerprint density at radius 2 is 2.00 bits per heavy atom. The van der Waals surface area contributed by atoms with Gasteiger partial charge in [-0.15, -0.1) is 11.3 Å². The molecular weight excluding hydrogens is 304 g/mol. The highest BCUT2D eigenvalue weighted by Gasteiger charge is 2.26. The first-order valence-corrected chi connectivity index (χ1v) is 8.04. The summed E-state index contributed by atoms with van der Waals surface area (Å²) >= 11 is 0.862. The van der Waals surface area contributed by atoms with Gasteiger partial charge in [-0.2, -0.15) is 0 Å². The normalized spacial score (nSPS) is 11.3. The number of carboxylic acid groups (broad SMARTS) is 1. The predicted octanol–water partition coefficient (Wildman–Crippen LogP) is 0.511. The highest BCUT2D eigenvalue weighted by Crippen LogP contribution is 2.26. The Hall–Kier alpha value is -1.45. The fourth-order valence-electron chi connectivity index (χ4n) is 1.50. The number of hydrogen-bond acceptors (Lipinski definition) is 5. The van der Waals surface area contributed by atoms with Gasteiger partial charge < -0.3 is 10.0 Å². The van der Waals surface area contributed by atoms with Gasteiger partial charge >= 0.3 is 5.97 Å². The molecule has 1 amide bonds. The summed E-state index contributed by atoms with van der Waals surface area (Å²) in [7, 11) is -0.792. The Kier molecular flexibility index (Phi) is 5.26. The first-order valence-electron chi connectivity index (χ1n) is 5.68. The zero-order valence-corrected chi connectivity index (χ0v) is 13.0. The molecule has 0 aliphatic heterocycles. The van der Waals surface area contributed by atoms with Crippen molar-refractivity contribution in [1.29, 1.82) is 0 Å². The summed E-state index contributed by atoms with van der Waals surface area (Å²) in [6.07, 6.45) is 0.0117. The topological polar surface area (TPSA) is 104 Å². The molecule has 0 unspecified atom stereocenters. The molecule has 0 fully saturated rings. The van der Waals surface area contributed by atoms with E-state index in [-0.39, 0.29) is 28.6 Å². The minimum absolute atomic E-state index is 0.0117. The number of nitrogens with zero attached hydrogens (tertiary/aromatic N) is 1. The number of aryl methyl sites for hydroxylation is 1. The van der Waals surface area contributed by atoms with Crippen molar-refractivity contribution in [1.82, 2.24) is 9.62 Å². The summed E-state index contributed by atoms with van der Waals surface area (Å²) in [5, 5.41) is 10.5. The molecule has 1 rings (SSSR count). The highest BCUT2D eigenvalue weighted by molar-refractivity contribution is 7.89. The van der Waals surface area contributed by atoms with E-state index in [1.54, 1.807) is 14.1 Å². The van der Waals surface area contributed by atoms with E-state index in [4.69, 9.17) is 5.11 Å². The molecule has 0 aliphatic carbocycles. The number of aromatic carboxylic acids is 1. The molecule has 7 nitrogen and oxygen atoms in total. The van der Waals surface area contributed by atoms with Crippen molar-refractivity contribution in [2.75, 3.05) is 20.6 Å². The monoisotopic (exact) mass is 320 g/mol. The number of carbonyl (C=O) groups excluding carboxylic acids is 1. The number of hydrogen-bond donors (Lipinski definition) is 2. The fourth-order valence-corrected chi connectivity index (χ4v) is 4.16. The van der Waals surface area contributed by atoms with Crippen molar-refractivity contribution in [3.8, 4) is 0 Å². The lowest BCUT2D eigenvalue weighted by Crippen LogP contribution is -2.31. The average molecular weight is 320 g/mol. The van der Waals surface area contributed by atoms with Crippen LogP contribution in [0.25, 0.3) is 0 Å². The predicted molar refractivity (Wildman–Crippen MR) is 74.5 cm³/mol. The van der Waals surface area contributed by atoms with E-state index in [9.17, 15) is 18.0 Å². The molecule has 112 valence electrons. The van der Waals surface area contributed by atoms with Crippen molar-refractivity contribution in [2.24, 2.45) is 0 Å². The Labute approximate surface area is 121 Å². The number of carboxylic acids is 1. The minimum atomic E-state index is -3.94. The van der Waals surface area contributed by atoms with E-state index in [0.717, 1.165) is 11.3 Å². The first kappa shape index (κ1) is 16.6. The third-order valence-electron chi connectivity index (χ3n) is 2.51. The van der Waals surface area contributed by atoms with Gasteiger partial charge in [-0.1, -0.05) is 0 Å². The number of amides is 1. The van der Waals surface area contributed by atoms with E-state index in [2.05, 4.69) is 4.72 Å². The molecule has 0 saturated carbocycles. The van der Waals surface area contributed by atoms with E-state index in [1.165, 1.54) is 17.2 Å². The minimum Gasteiger partial charge on any atom is -0.477 e. The lowest BCUT2D eigenvalue weighted by atomic mass is 10.3. The molecule has 9 heteroatoms. The van der Waals surface area contributed by atoms with Gasteiger partial charge in [0.15, 0.2) is 0 Å². The largest absolute Gasteiger partial charge is 0.477 e. The molecule has 0 radical (unpaired) electrons. The van der Waals surface area contributed by atoms with Crippen molar-refractivity contribution in [3.63, 3.8) is 0 Å². The molecule has 0 saturated heterocycles. The Morgan fingerprint density at radius 3 is 2.50 bits per heavy atom. The van der Waals surface area contributed by atoms with Crippen LogP contribution >= 0.6 is 11.3 Å². The summed E-state index contributed by atoms with van der Waals surface area (Å²) in [6.45, 7) is 1.45. The molecule has 20 heavy (non-hydrogen) atoms. The van der Waals surface area contributed by atoms with Crippen LogP contribution in [0.15, 0.2) is 10.3 Å². The van der Waals surface area contributed by atoms with Crippen molar-refractivity contribution < 1.29 is 23.1 Å². The van der Waals surface area contributed by atoms with E-state index >= 15 is 0 Å². The van der Waals surface area contributed by atoms with Gasteiger partial charge in [-0.05, 0) is 17.9 Å². The van der Waals surface area contributed by atoms with Crippen LogP contribution in [0.3, 0.4) is 0 Å². The zero-order chi connectivity index (χ0) is 15.5. The maximum atomic E-state index is 12.1. The average Bonchev–Trinajstić information content (AvgIpc) is 2.71. The second-order valence-electron chi connectivity index (χ2n) is 4.32. The second-order valence-corrected chi connectivity index (χ2v) is 6.90. The van der Waals surface area contributed by atoms with Crippen LogP contribution in [0.1, 0.15) is 21.7 Å². The van der Waals surface area contributed by atoms with Gasteiger partial charge in [0, 0.05) is 27.1 Å². The lowest BCUT2D eigenvalue weighted by Gasteiger charge is -2.11. The number of thiophene rings is 1. The number of sulfonamides is 1. The van der Waals surface area contributed by atoms with Crippen molar-refractivity contribution in [2.45, 2.75) is 18.2 Å². The van der Waals surface area contributed by atoms with Crippen molar-refractivity contribution >= 4 is 33.2 Å². The van der Waals surface area contributed by atoms with E-state index in [0.29, 0.717) is 5.56 Å². The Balaban J connectivity index is 2.88. The van der Waals surface area contributed by atoms with Crippen LogP contribution in [-0.4, -0.2) is 50.9 Å². The molecule has 1 aromatic heterocycles. The molecule has 2 N–H and O–H groups in total. The van der Waals surface area contributed by atoms with E-state index in [1.807, 2.05) is 0 Å². The summed E-state index contributed by atoms with van der Waals surface area (Å²) in [5.41, 5.74) is 0.374. The molecule has 0 atom stereocenters. The number of carbonyl (C=O) groups is 2. The molecule has 0 aromatic carbocycles. The van der Waals surface area contributed by atoms with Gasteiger partial charge in [0.25, 0.3) is 0 Å². The van der Waals surface area contributed by atoms with Crippen LogP contribution in [-0.2, 0) is 14.8 Å². The smallest absolute Gasteiger partial charge is 0.347 e. The standard InChI is InChI=1S/C11H16N2O5S2/c1-7-6-19-9(11(15)16)10(7)20(17,18)12-5-4-8(14)13(2)3/h6,12H,4-5H2,1-3H3,(H,15,16). The molecular formula is C11H16N2O5S2. The quantitative estimate of drug-likeness (QED) is 0.795. The van der Waals surface area contributed by atoms with Gasteiger partial charge in [-0.25, -0.2) is 17.9 Å². The van der Waals surface area contributed by atoms with Gasteiger partial charge in [0.05, 0.1) is 0 Å². The van der Waals surface area contributed by atoms with Crippen LogP contribution in [0, 0.1) is 6.92 Å². The zero-order valence-electron chi connectivity index (χ0n) is 11.3. The molecule has 0 aliphatic rings. The third-order valence-corrected chi connectivity index (χ3v) is 5.37. The highest BCUT2D eigenvalue weighted by atomic mass is 32.2. The summed E-state index contributed by atoms with van der Waals surface area (Å²) < 4.78 is 26.4. The lowest BCUT2D eigenvalue weighted by molar-refractivity contribution is -0.128. The van der Waals surface area contributed by atoms with Crippen LogP contribution in [0.4, 0.5) is 0 Å². The van der Waals surface area contributed by atoms with Crippen LogP contribution in [0.5, 0.6) is 0 Å².